The van der Waals surface area contributed by atoms with Crippen LogP contribution in [-0.2, 0) is 10.2 Å². The maximum absolute atomic E-state index is 13.1. The summed E-state index contributed by atoms with van der Waals surface area (Å²) in [6.07, 6.45) is 2.31. The molecule has 0 spiro atoms. The summed E-state index contributed by atoms with van der Waals surface area (Å²) in [5.41, 5.74) is 1.83. The minimum atomic E-state index is -0.101. The van der Waals surface area contributed by atoms with E-state index in [1.165, 1.54) is 0 Å². The molecule has 0 radical (unpaired) electrons. The second kappa shape index (κ2) is 8.29. The predicted octanol–water partition coefficient (Wildman–Crippen LogP) is 3.90. The van der Waals surface area contributed by atoms with E-state index in [1.807, 2.05) is 41.3 Å². The fraction of sp³-hybridized carbons (Fsp3) is 0.522. The molecule has 1 unspecified atom stereocenters. The zero-order valence-corrected chi connectivity index (χ0v) is 17.4. The fourth-order valence-electron chi connectivity index (χ4n) is 3.88. The number of amides is 1. The maximum Gasteiger partial charge on any atom is 0.267 e. The average molecular weight is 382 g/mol. The molecular weight excluding hydrogens is 350 g/mol. The first kappa shape index (κ1) is 20.3. The molecule has 5 heteroatoms. The van der Waals surface area contributed by atoms with Crippen LogP contribution in [0.25, 0.3) is 0 Å². The number of carbonyl (C=O) groups excluding carboxylic acids is 1. The zero-order chi connectivity index (χ0) is 20.3. The molecule has 1 atom stereocenters. The Hall–Kier alpha value is -2.43. The van der Waals surface area contributed by atoms with Gasteiger partial charge in [-0.1, -0.05) is 58.0 Å². The average Bonchev–Trinajstić information content (AvgIpc) is 2.69. The molecule has 3 rings (SSSR count). The van der Waals surface area contributed by atoms with Crippen LogP contribution in [0.2, 0.25) is 0 Å². The molecule has 2 aromatic rings. The van der Waals surface area contributed by atoms with E-state index in [0.29, 0.717) is 13.1 Å². The monoisotopic (exact) mass is 381 g/mol. The van der Waals surface area contributed by atoms with Gasteiger partial charge in [0, 0.05) is 24.6 Å². The number of rotatable bonds is 4. The van der Waals surface area contributed by atoms with Crippen LogP contribution in [0.3, 0.4) is 0 Å². The number of aromatic nitrogens is 2. The van der Waals surface area contributed by atoms with Crippen molar-refractivity contribution in [2.24, 2.45) is 0 Å². The van der Waals surface area contributed by atoms with E-state index in [9.17, 15) is 9.59 Å². The first-order chi connectivity index (χ1) is 13.3. The number of carbonyl (C=O) groups is 1. The SMILES string of the molecule is CCC(C(=O)N1CCC(n2nc(C(C)(C)C)ccc2=O)CC1)c1ccccc1. The van der Waals surface area contributed by atoms with E-state index in [2.05, 4.69) is 32.8 Å². The van der Waals surface area contributed by atoms with Gasteiger partial charge in [0.05, 0.1) is 17.7 Å². The van der Waals surface area contributed by atoms with E-state index in [0.717, 1.165) is 30.5 Å². The van der Waals surface area contributed by atoms with Gasteiger partial charge in [-0.3, -0.25) is 9.59 Å². The van der Waals surface area contributed by atoms with Crippen molar-refractivity contribution in [2.45, 2.75) is 64.3 Å². The molecule has 0 N–H and O–H groups in total. The highest BCUT2D eigenvalue weighted by Crippen LogP contribution is 2.27. The molecule has 0 bridgehead atoms. The molecule has 1 aliphatic heterocycles. The second-order valence-corrected chi connectivity index (χ2v) is 8.68. The van der Waals surface area contributed by atoms with Crippen molar-refractivity contribution in [3.63, 3.8) is 0 Å². The minimum Gasteiger partial charge on any atom is -0.342 e. The van der Waals surface area contributed by atoms with Gasteiger partial charge in [-0.25, -0.2) is 4.68 Å². The summed E-state index contributed by atoms with van der Waals surface area (Å²) in [6.45, 7) is 9.69. The summed E-state index contributed by atoms with van der Waals surface area (Å²) >= 11 is 0. The Morgan fingerprint density at radius 2 is 1.75 bits per heavy atom. The number of hydrogen-bond acceptors (Lipinski definition) is 3. The van der Waals surface area contributed by atoms with Gasteiger partial charge in [-0.2, -0.15) is 5.10 Å². The van der Waals surface area contributed by atoms with Crippen molar-refractivity contribution in [3.8, 4) is 0 Å². The largest absolute Gasteiger partial charge is 0.342 e. The lowest BCUT2D eigenvalue weighted by Crippen LogP contribution is -2.43. The molecule has 1 aromatic carbocycles. The van der Waals surface area contributed by atoms with Crippen LogP contribution in [-0.4, -0.2) is 33.7 Å². The molecule has 150 valence electrons. The molecular formula is C23H31N3O2. The van der Waals surface area contributed by atoms with Gasteiger partial charge in [0.1, 0.15) is 0 Å². The van der Waals surface area contributed by atoms with Crippen molar-refractivity contribution >= 4 is 5.91 Å². The molecule has 1 saturated heterocycles. The third-order valence-electron chi connectivity index (χ3n) is 5.62. The lowest BCUT2D eigenvalue weighted by molar-refractivity contribution is -0.134. The second-order valence-electron chi connectivity index (χ2n) is 8.68. The topological polar surface area (TPSA) is 55.2 Å². The Morgan fingerprint density at radius 3 is 2.32 bits per heavy atom. The maximum atomic E-state index is 13.1. The van der Waals surface area contributed by atoms with Crippen molar-refractivity contribution in [1.82, 2.24) is 14.7 Å². The molecule has 5 nitrogen and oxygen atoms in total. The van der Waals surface area contributed by atoms with Gasteiger partial charge >= 0.3 is 0 Å². The summed E-state index contributed by atoms with van der Waals surface area (Å²) in [4.78, 5) is 27.4. The van der Waals surface area contributed by atoms with E-state index >= 15 is 0 Å². The molecule has 0 saturated carbocycles. The van der Waals surface area contributed by atoms with Crippen LogP contribution in [0.15, 0.2) is 47.3 Å². The lowest BCUT2D eigenvalue weighted by Gasteiger charge is -2.34. The van der Waals surface area contributed by atoms with Gasteiger partial charge in [0.15, 0.2) is 0 Å². The van der Waals surface area contributed by atoms with Crippen LogP contribution >= 0.6 is 0 Å². The number of nitrogens with zero attached hydrogens (tertiary/aromatic N) is 3. The fourth-order valence-corrected chi connectivity index (χ4v) is 3.88. The Balaban J connectivity index is 1.71. The molecule has 28 heavy (non-hydrogen) atoms. The summed E-state index contributed by atoms with van der Waals surface area (Å²) in [5.74, 6) is 0.0960. The van der Waals surface area contributed by atoms with Crippen molar-refractivity contribution in [1.29, 1.82) is 0 Å². The summed E-state index contributed by atoms with van der Waals surface area (Å²) in [6, 6.07) is 13.5. The van der Waals surface area contributed by atoms with Gasteiger partial charge in [0.2, 0.25) is 5.91 Å². The predicted molar refractivity (Wildman–Crippen MR) is 112 cm³/mol. The summed E-state index contributed by atoms with van der Waals surface area (Å²) < 4.78 is 1.64. The van der Waals surface area contributed by atoms with Crippen LogP contribution in [0, 0.1) is 0 Å². The Bertz CT molecular complexity index is 859. The summed E-state index contributed by atoms with van der Waals surface area (Å²) in [5, 5.41) is 4.64. The standard InChI is InChI=1S/C23H31N3O2/c1-5-19(17-9-7-6-8-10-17)22(28)25-15-13-18(14-16-25)26-21(27)12-11-20(24-26)23(2,3)4/h6-12,18-19H,5,13-16H2,1-4H3. The quantitative estimate of drug-likeness (QED) is 0.807. The first-order valence-corrected chi connectivity index (χ1v) is 10.3. The molecule has 2 heterocycles. The van der Waals surface area contributed by atoms with E-state index in [1.54, 1.807) is 10.7 Å². The van der Waals surface area contributed by atoms with E-state index in [4.69, 9.17) is 0 Å². The molecule has 1 aliphatic rings. The van der Waals surface area contributed by atoms with Gasteiger partial charge in [-0.05, 0) is 30.9 Å². The zero-order valence-electron chi connectivity index (χ0n) is 17.4. The van der Waals surface area contributed by atoms with Gasteiger partial charge < -0.3 is 4.90 Å². The Morgan fingerprint density at radius 1 is 1.11 bits per heavy atom. The lowest BCUT2D eigenvalue weighted by atomic mass is 9.92. The highest BCUT2D eigenvalue weighted by atomic mass is 16.2. The minimum absolute atomic E-state index is 0.0515. The number of hydrogen-bond donors (Lipinski definition) is 0. The Labute approximate surface area is 167 Å². The third kappa shape index (κ3) is 4.34. The molecule has 1 fully saturated rings. The first-order valence-electron chi connectivity index (χ1n) is 10.3. The number of benzene rings is 1. The highest BCUT2D eigenvalue weighted by molar-refractivity contribution is 5.83. The normalized spacial score (nSPS) is 16.8. The molecule has 0 aliphatic carbocycles. The van der Waals surface area contributed by atoms with Gasteiger partial charge in [0.25, 0.3) is 5.56 Å². The highest BCUT2D eigenvalue weighted by Gasteiger charge is 2.30. The van der Waals surface area contributed by atoms with Crippen molar-refractivity contribution in [2.75, 3.05) is 13.1 Å². The number of piperidine rings is 1. The van der Waals surface area contributed by atoms with Crippen molar-refractivity contribution < 1.29 is 4.79 Å². The van der Waals surface area contributed by atoms with Gasteiger partial charge in [-0.15, -0.1) is 0 Å². The van der Waals surface area contributed by atoms with Crippen molar-refractivity contribution in [3.05, 3.63) is 64.1 Å². The van der Waals surface area contributed by atoms with Crippen LogP contribution in [0.5, 0.6) is 0 Å². The number of likely N-dealkylation sites (tertiary alicyclic amines) is 1. The Kier molecular flexibility index (Phi) is 6.01. The third-order valence-corrected chi connectivity index (χ3v) is 5.62. The van der Waals surface area contributed by atoms with E-state index < -0.39 is 0 Å². The van der Waals surface area contributed by atoms with Crippen LogP contribution in [0.4, 0.5) is 0 Å². The van der Waals surface area contributed by atoms with Crippen LogP contribution in [0.1, 0.15) is 70.2 Å². The smallest absolute Gasteiger partial charge is 0.267 e. The summed E-state index contributed by atoms with van der Waals surface area (Å²) in [7, 11) is 0. The molecule has 1 amide bonds. The molecule has 1 aromatic heterocycles. The van der Waals surface area contributed by atoms with Crippen LogP contribution < -0.4 is 5.56 Å². The van der Waals surface area contributed by atoms with E-state index in [-0.39, 0.29) is 28.8 Å².